The van der Waals surface area contributed by atoms with Crippen LogP contribution in [0.1, 0.15) is 21.8 Å². The summed E-state index contributed by atoms with van der Waals surface area (Å²) in [6, 6.07) is 12.1. The number of aromatic nitrogens is 1. The first-order valence-corrected chi connectivity index (χ1v) is 11.2. The fourth-order valence-electron chi connectivity index (χ4n) is 2.65. The van der Waals surface area contributed by atoms with Crippen LogP contribution in [0.25, 0.3) is 0 Å². The van der Waals surface area contributed by atoms with E-state index in [0.29, 0.717) is 16.8 Å². The van der Waals surface area contributed by atoms with Crippen LogP contribution in [0, 0.1) is 12.7 Å². The van der Waals surface area contributed by atoms with Gasteiger partial charge in [-0.05, 0) is 42.3 Å². The highest BCUT2D eigenvalue weighted by Crippen LogP contribution is 2.13. The van der Waals surface area contributed by atoms with E-state index in [1.165, 1.54) is 41.7 Å². The molecule has 3 rings (SSSR count). The molecule has 2 aromatic carbocycles. The summed E-state index contributed by atoms with van der Waals surface area (Å²) < 4.78 is 40.7. The molecule has 0 spiro atoms. The second-order valence-electron chi connectivity index (χ2n) is 6.41. The number of thiazole rings is 1. The van der Waals surface area contributed by atoms with Crippen LogP contribution >= 0.6 is 11.3 Å². The number of carbonyl (C=O) groups is 1. The molecular weight excluding hydrogens is 413 g/mol. The Balaban J connectivity index is 1.59. The zero-order chi connectivity index (χ0) is 20.9. The maximum atomic E-state index is 13.2. The second-order valence-corrected chi connectivity index (χ2v) is 9.24. The minimum atomic E-state index is -3.77. The largest absolute Gasteiger partial charge is 0.352 e. The van der Waals surface area contributed by atoms with Crippen molar-refractivity contribution in [2.45, 2.75) is 31.3 Å². The summed E-state index contributed by atoms with van der Waals surface area (Å²) in [5, 5.41) is 5.51. The highest BCUT2D eigenvalue weighted by Gasteiger charge is 2.15. The lowest BCUT2D eigenvalue weighted by Gasteiger charge is -2.09. The number of amides is 1. The molecule has 0 atom stereocenters. The number of hydrogen-bond acceptors (Lipinski definition) is 5. The van der Waals surface area contributed by atoms with Gasteiger partial charge in [-0.25, -0.2) is 22.5 Å². The molecule has 6 nitrogen and oxygen atoms in total. The Hall–Kier alpha value is -2.62. The first-order valence-electron chi connectivity index (χ1n) is 8.82. The number of sulfonamides is 1. The van der Waals surface area contributed by atoms with Gasteiger partial charge >= 0.3 is 0 Å². The van der Waals surface area contributed by atoms with E-state index in [2.05, 4.69) is 15.0 Å². The van der Waals surface area contributed by atoms with Crippen molar-refractivity contribution in [2.75, 3.05) is 0 Å². The molecule has 0 aliphatic rings. The summed E-state index contributed by atoms with van der Waals surface area (Å²) in [5.74, 6) is -0.611. The van der Waals surface area contributed by atoms with E-state index in [-0.39, 0.29) is 30.3 Å². The van der Waals surface area contributed by atoms with Crippen LogP contribution in [0.3, 0.4) is 0 Å². The summed E-state index contributed by atoms with van der Waals surface area (Å²) in [5.41, 5.74) is 1.89. The molecule has 0 radical (unpaired) electrons. The third kappa shape index (κ3) is 6.18. The first-order chi connectivity index (χ1) is 13.8. The van der Waals surface area contributed by atoms with Crippen molar-refractivity contribution in [3.63, 3.8) is 0 Å². The van der Waals surface area contributed by atoms with Gasteiger partial charge in [0.05, 0.1) is 22.0 Å². The van der Waals surface area contributed by atoms with Crippen molar-refractivity contribution >= 4 is 27.3 Å². The van der Waals surface area contributed by atoms with Crippen LogP contribution in [0.2, 0.25) is 0 Å². The summed E-state index contributed by atoms with van der Waals surface area (Å²) in [6.45, 7) is 2.06. The number of rotatable bonds is 8. The van der Waals surface area contributed by atoms with Crippen molar-refractivity contribution in [3.8, 4) is 0 Å². The number of hydrogen-bond donors (Lipinski definition) is 2. The lowest BCUT2D eigenvalue weighted by atomic mass is 10.2. The molecule has 0 unspecified atom stereocenters. The topological polar surface area (TPSA) is 88.2 Å². The Bertz CT molecular complexity index is 1110. The summed E-state index contributed by atoms with van der Waals surface area (Å²) in [6.07, 6.45) is 0.178. The number of nitrogens with one attached hydrogen (secondary N) is 2. The van der Waals surface area contributed by atoms with Gasteiger partial charge in [0.15, 0.2) is 0 Å². The molecule has 152 valence electrons. The first kappa shape index (κ1) is 21.1. The molecule has 2 N–H and O–H groups in total. The minimum Gasteiger partial charge on any atom is -0.352 e. The Morgan fingerprint density at radius 3 is 2.52 bits per heavy atom. The molecule has 0 aliphatic carbocycles. The standard InChI is InChI=1S/C20H20FN3O3S2/c1-14-24-18(13-28-14)10-20(25)22-11-16-5-3-7-19(9-16)29(26,27)23-12-15-4-2-6-17(21)8-15/h2-9,13,23H,10-12H2,1H3,(H,22,25). The van der Waals surface area contributed by atoms with E-state index in [0.717, 1.165) is 5.01 Å². The second kappa shape index (κ2) is 9.25. The quantitative estimate of drug-likeness (QED) is 0.572. The Labute approximate surface area is 172 Å². The van der Waals surface area contributed by atoms with Crippen LogP contribution in [0.5, 0.6) is 0 Å². The summed E-state index contributed by atoms with van der Waals surface area (Å²) in [4.78, 5) is 16.4. The van der Waals surface area contributed by atoms with Gasteiger partial charge in [-0.3, -0.25) is 4.79 Å². The lowest BCUT2D eigenvalue weighted by Crippen LogP contribution is -2.25. The Morgan fingerprint density at radius 2 is 1.83 bits per heavy atom. The van der Waals surface area contributed by atoms with E-state index in [4.69, 9.17) is 0 Å². The highest BCUT2D eigenvalue weighted by molar-refractivity contribution is 7.89. The van der Waals surface area contributed by atoms with Crippen molar-refractivity contribution in [1.82, 2.24) is 15.0 Å². The third-order valence-electron chi connectivity index (χ3n) is 4.06. The van der Waals surface area contributed by atoms with Gasteiger partial charge in [0.25, 0.3) is 0 Å². The highest BCUT2D eigenvalue weighted by atomic mass is 32.2. The van der Waals surface area contributed by atoms with Crippen LogP contribution in [0.4, 0.5) is 4.39 Å². The minimum absolute atomic E-state index is 0.0197. The molecule has 0 bridgehead atoms. The number of aryl methyl sites for hydroxylation is 1. The number of benzene rings is 2. The van der Waals surface area contributed by atoms with E-state index in [1.807, 2.05) is 12.3 Å². The molecule has 1 heterocycles. The molecule has 0 saturated heterocycles. The van der Waals surface area contributed by atoms with E-state index in [9.17, 15) is 17.6 Å². The van der Waals surface area contributed by atoms with Gasteiger partial charge in [0.1, 0.15) is 5.82 Å². The van der Waals surface area contributed by atoms with Crippen LogP contribution in [-0.2, 0) is 34.3 Å². The maximum Gasteiger partial charge on any atom is 0.240 e. The van der Waals surface area contributed by atoms with Gasteiger partial charge in [-0.2, -0.15) is 0 Å². The fraction of sp³-hybridized carbons (Fsp3) is 0.200. The van der Waals surface area contributed by atoms with Gasteiger partial charge in [-0.15, -0.1) is 11.3 Å². The molecule has 0 fully saturated rings. The molecule has 1 amide bonds. The monoisotopic (exact) mass is 433 g/mol. The molecular formula is C20H20FN3O3S2. The van der Waals surface area contributed by atoms with Crippen molar-refractivity contribution in [1.29, 1.82) is 0 Å². The average molecular weight is 434 g/mol. The molecule has 9 heteroatoms. The van der Waals surface area contributed by atoms with Crippen molar-refractivity contribution in [2.24, 2.45) is 0 Å². The van der Waals surface area contributed by atoms with Crippen LogP contribution in [-0.4, -0.2) is 19.3 Å². The normalized spacial score (nSPS) is 11.4. The zero-order valence-corrected chi connectivity index (χ0v) is 17.3. The third-order valence-corrected chi connectivity index (χ3v) is 6.28. The van der Waals surface area contributed by atoms with Crippen LogP contribution < -0.4 is 10.0 Å². The van der Waals surface area contributed by atoms with Gasteiger partial charge in [0, 0.05) is 18.5 Å². The predicted molar refractivity (Wildman–Crippen MR) is 109 cm³/mol. The molecule has 3 aromatic rings. The zero-order valence-electron chi connectivity index (χ0n) is 15.7. The summed E-state index contributed by atoms with van der Waals surface area (Å²) >= 11 is 1.48. The number of carbonyl (C=O) groups excluding carboxylic acids is 1. The van der Waals surface area contributed by atoms with Gasteiger partial charge < -0.3 is 5.32 Å². The SMILES string of the molecule is Cc1nc(CC(=O)NCc2cccc(S(=O)(=O)NCc3cccc(F)c3)c2)cs1. The number of halogens is 1. The van der Waals surface area contributed by atoms with Crippen molar-refractivity contribution in [3.05, 3.63) is 81.6 Å². The lowest BCUT2D eigenvalue weighted by molar-refractivity contribution is -0.120. The predicted octanol–water partition coefficient (Wildman–Crippen LogP) is 2.93. The molecule has 0 saturated carbocycles. The Morgan fingerprint density at radius 1 is 1.10 bits per heavy atom. The van der Waals surface area contributed by atoms with Gasteiger partial charge in [-0.1, -0.05) is 24.3 Å². The average Bonchev–Trinajstić information content (AvgIpc) is 3.10. The van der Waals surface area contributed by atoms with Crippen molar-refractivity contribution < 1.29 is 17.6 Å². The smallest absolute Gasteiger partial charge is 0.240 e. The van der Waals surface area contributed by atoms with Crippen LogP contribution in [0.15, 0.2) is 58.8 Å². The fourth-order valence-corrected chi connectivity index (χ4v) is 4.35. The van der Waals surface area contributed by atoms with Gasteiger partial charge in [0.2, 0.25) is 15.9 Å². The molecule has 1 aromatic heterocycles. The van der Waals surface area contributed by atoms with E-state index in [1.54, 1.807) is 18.2 Å². The Kier molecular flexibility index (Phi) is 6.73. The van der Waals surface area contributed by atoms with E-state index < -0.39 is 15.8 Å². The molecule has 0 aliphatic heterocycles. The number of nitrogens with zero attached hydrogens (tertiary/aromatic N) is 1. The maximum absolute atomic E-state index is 13.2. The summed E-state index contributed by atoms with van der Waals surface area (Å²) in [7, 11) is -3.77. The van der Waals surface area contributed by atoms with E-state index >= 15 is 0 Å². The molecule has 29 heavy (non-hydrogen) atoms.